The average molecular weight is 300 g/mol. The number of carbonyl (C=O) groups is 2. The van der Waals surface area contributed by atoms with Gasteiger partial charge in [0.15, 0.2) is 6.10 Å². The number of esters is 1. The zero-order chi connectivity index (χ0) is 16.3. The van der Waals surface area contributed by atoms with Gasteiger partial charge in [0.25, 0.3) is 5.91 Å². The standard InChI is InChI=1S/C17H20N2O3/c1-10(2)18-16(20)12(4)22-17(21)14-9-11(3)19-15-8-6-5-7-13(14)15/h5-10,12H,1-4H3,(H,18,20)/t12-/m0/s1. The van der Waals surface area contributed by atoms with Gasteiger partial charge in [-0.25, -0.2) is 4.79 Å². The summed E-state index contributed by atoms with van der Waals surface area (Å²) in [6, 6.07) is 9.04. The van der Waals surface area contributed by atoms with E-state index in [1.54, 1.807) is 13.0 Å². The van der Waals surface area contributed by atoms with Crippen LogP contribution in [0.2, 0.25) is 0 Å². The summed E-state index contributed by atoms with van der Waals surface area (Å²) in [6.45, 7) is 7.09. The Morgan fingerprint density at radius 1 is 1.18 bits per heavy atom. The number of rotatable bonds is 4. The Hall–Kier alpha value is -2.43. The SMILES string of the molecule is Cc1cc(C(=O)O[C@@H](C)C(=O)NC(C)C)c2ccccc2n1. The minimum absolute atomic E-state index is 0.00217. The summed E-state index contributed by atoms with van der Waals surface area (Å²) in [5, 5.41) is 3.44. The second-order valence-electron chi connectivity index (χ2n) is 5.54. The molecule has 5 nitrogen and oxygen atoms in total. The van der Waals surface area contributed by atoms with Gasteiger partial charge >= 0.3 is 5.97 Å². The maximum atomic E-state index is 12.4. The van der Waals surface area contributed by atoms with E-state index in [4.69, 9.17) is 4.74 Å². The molecule has 0 spiro atoms. The first kappa shape index (κ1) is 15.9. The van der Waals surface area contributed by atoms with Crippen LogP contribution >= 0.6 is 0 Å². The van der Waals surface area contributed by atoms with E-state index in [2.05, 4.69) is 10.3 Å². The summed E-state index contributed by atoms with van der Waals surface area (Å²) in [7, 11) is 0. The molecule has 2 rings (SSSR count). The number of aromatic nitrogens is 1. The van der Waals surface area contributed by atoms with Gasteiger partial charge in [-0.2, -0.15) is 0 Å². The number of hydrogen-bond acceptors (Lipinski definition) is 4. The van der Waals surface area contributed by atoms with Gasteiger partial charge in [-0.05, 0) is 39.8 Å². The van der Waals surface area contributed by atoms with Gasteiger partial charge in [-0.15, -0.1) is 0 Å². The monoisotopic (exact) mass is 300 g/mol. The predicted octanol–water partition coefficient (Wildman–Crippen LogP) is 2.61. The molecule has 0 aliphatic heterocycles. The predicted molar refractivity (Wildman–Crippen MR) is 84.6 cm³/mol. The molecule has 116 valence electrons. The van der Waals surface area contributed by atoms with Crippen LogP contribution in [0.15, 0.2) is 30.3 Å². The number of aryl methyl sites for hydroxylation is 1. The second-order valence-corrected chi connectivity index (χ2v) is 5.54. The van der Waals surface area contributed by atoms with E-state index >= 15 is 0 Å². The number of nitrogens with one attached hydrogen (secondary N) is 1. The molecule has 22 heavy (non-hydrogen) atoms. The number of benzene rings is 1. The van der Waals surface area contributed by atoms with E-state index in [1.165, 1.54) is 0 Å². The van der Waals surface area contributed by atoms with Gasteiger partial charge in [-0.1, -0.05) is 18.2 Å². The fourth-order valence-corrected chi connectivity index (χ4v) is 2.16. The number of hydrogen-bond donors (Lipinski definition) is 1. The second kappa shape index (κ2) is 6.56. The third kappa shape index (κ3) is 3.61. The molecule has 1 aromatic heterocycles. The minimum atomic E-state index is -0.845. The summed E-state index contributed by atoms with van der Waals surface area (Å²) in [4.78, 5) is 28.6. The quantitative estimate of drug-likeness (QED) is 0.881. The van der Waals surface area contributed by atoms with E-state index in [0.29, 0.717) is 5.56 Å². The Labute approximate surface area is 129 Å². The molecule has 1 amide bonds. The lowest BCUT2D eigenvalue weighted by Crippen LogP contribution is -2.39. The summed E-state index contributed by atoms with van der Waals surface area (Å²) in [6.07, 6.45) is -0.845. The minimum Gasteiger partial charge on any atom is -0.449 e. The van der Waals surface area contributed by atoms with Gasteiger partial charge in [-0.3, -0.25) is 9.78 Å². The third-order valence-electron chi connectivity index (χ3n) is 3.15. The maximum absolute atomic E-state index is 12.4. The lowest BCUT2D eigenvalue weighted by molar-refractivity contribution is -0.129. The van der Waals surface area contributed by atoms with Crippen molar-refractivity contribution in [2.24, 2.45) is 0 Å². The molecule has 0 bridgehead atoms. The smallest absolute Gasteiger partial charge is 0.339 e. The number of pyridine rings is 1. The first-order valence-electron chi connectivity index (χ1n) is 7.26. The van der Waals surface area contributed by atoms with Gasteiger partial charge in [0, 0.05) is 17.1 Å². The summed E-state index contributed by atoms with van der Waals surface area (Å²) in [5.41, 5.74) is 1.88. The number of ether oxygens (including phenoxy) is 1. The van der Waals surface area contributed by atoms with Gasteiger partial charge in [0.05, 0.1) is 11.1 Å². The molecular weight excluding hydrogens is 280 g/mol. The number of para-hydroxylation sites is 1. The van der Waals surface area contributed by atoms with Gasteiger partial charge in [0.1, 0.15) is 0 Å². The highest BCUT2D eigenvalue weighted by atomic mass is 16.5. The molecule has 5 heteroatoms. The van der Waals surface area contributed by atoms with E-state index in [1.807, 2.05) is 45.0 Å². The average Bonchev–Trinajstić information content (AvgIpc) is 2.45. The number of fused-ring (bicyclic) bond motifs is 1. The van der Waals surface area contributed by atoms with E-state index in [9.17, 15) is 9.59 Å². The zero-order valence-electron chi connectivity index (χ0n) is 13.2. The van der Waals surface area contributed by atoms with Gasteiger partial charge < -0.3 is 10.1 Å². The fourth-order valence-electron chi connectivity index (χ4n) is 2.16. The molecule has 0 aliphatic rings. The van der Waals surface area contributed by atoms with Crippen LogP contribution in [0.3, 0.4) is 0 Å². The normalized spacial score (nSPS) is 12.2. The number of carbonyl (C=O) groups excluding carboxylic acids is 2. The van der Waals surface area contributed by atoms with Crippen molar-refractivity contribution < 1.29 is 14.3 Å². The highest BCUT2D eigenvalue weighted by molar-refractivity contribution is 6.04. The number of nitrogens with zero attached hydrogens (tertiary/aromatic N) is 1. The molecular formula is C17H20N2O3. The molecule has 2 aromatic rings. The van der Waals surface area contributed by atoms with Crippen molar-refractivity contribution in [3.63, 3.8) is 0 Å². The molecule has 0 aliphatic carbocycles. The summed E-state index contributed by atoms with van der Waals surface area (Å²) in [5.74, 6) is -0.827. The lowest BCUT2D eigenvalue weighted by Gasteiger charge is -2.16. The molecule has 0 fully saturated rings. The van der Waals surface area contributed by atoms with Crippen LogP contribution in [0.5, 0.6) is 0 Å². The first-order valence-corrected chi connectivity index (χ1v) is 7.26. The zero-order valence-corrected chi connectivity index (χ0v) is 13.2. The van der Waals surface area contributed by atoms with Crippen molar-refractivity contribution in [3.8, 4) is 0 Å². The van der Waals surface area contributed by atoms with Crippen LogP contribution in [-0.4, -0.2) is 29.0 Å². The van der Waals surface area contributed by atoms with Crippen molar-refractivity contribution >= 4 is 22.8 Å². The van der Waals surface area contributed by atoms with E-state index in [0.717, 1.165) is 16.6 Å². The van der Waals surface area contributed by atoms with Crippen molar-refractivity contribution in [3.05, 3.63) is 41.6 Å². The molecule has 0 saturated carbocycles. The Morgan fingerprint density at radius 3 is 2.55 bits per heavy atom. The number of amides is 1. The largest absolute Gasteiger partial charge is 0.449 e. The van der Waals surface area contributed by atoms with Crippen molar-refractivity contribution in [2.45, 2.75) is 39.8 Å². The van der Waals surface area contributed by atoms with E-state index < -0.39 is 12.1 Å². The summed E-state index contributed by atoms with van der Waals surface area (Å²) >= 11 is 0. The fraction of sp³-hybridized carbons (Fsp3) is 0.353. The molecule has 1 heterocycles. The molecule has 0 radical (unpaired) electrons. The molecule has 0 saturated heterocycles. The topological polar surface area (TPSA) is 68.3 Å². The van der Waals surface area contributed by atoms with Gasteiger partial charge in [0.2, 0.25) is 0 Å². The van der Waals surface area contributed by atoms with Crippen molar-refractivity contribution in [1.29, 1.82) is 0 Å². The Bertz CT molecular complexity index is 710. The first-order chi connectivity index (χ1) is 10.4. The summed E-state index contributed by atoms with van der Waals surface area (Å²) < 4.78 is 5.28. The Morgan fingerprint density at radius 2 is 1.86 bits per heavy atom. The molecule has 1 aromatic carbocycles. The highest BCUT2D eigenvalue weighted by Gasteiger charge is 2.21. The highest BCUT2D eigenvalue weighted by Crippen LogP contribution is 2.19. The van der Waals surface area contributed by atoms with E-state index in [-0.39, 0.29) is 11.9 Å². The molecule has 1 atom stereocenters. The van der Waals surface area contributed by atoms with Crippen LogP contribution in [0.4, 0.5) is 0 Å². The Balaban J connectivity index is 2.25. The molecule has 0 unspecified atom stereocenters. The maximum Gasteiger partial charge on any atom is 0.339 e. The molecule has 1 N–H and O–H groups in total. The van der Waals surface area contributed by atoms with Crippen molar-refractivity contribution in [2.75, 3.05) is 0 Å². The van der Waals surface area contributed by atoms with Crippen LogP contribution < -0.4 is 5.32 Å². The van der Waals surface area contributed by atoms with Crippen molar-refractivity contribution in [1.82, 2.24) is 10.3 Å². The Kier molecular flexibility index (Phi) is 4.75. The van der Waals surface area contributed by atoms with Crippen LogP contribution in [0.1, 0.15) is 36.8 Å². The third-order valence-corrected chi connectivity index (χ3v) is 3.15. The van der Waals surface area contributed by atoms with Crippen LogP contribution in [-0.2, 0) is 9.53 Å². The van der Waals surface area contributed by atoms with Crippen LogP contribution in [0.25, 0.3) is 10.9 Å². The van der Waals surface area contributed by atoms with Crippen LogP contribution in [0, 0.1) is 6.92 Å². The lowest BCUT2D eigenvalue weighted by atomic mass is 10.1.